The summed E-state index contributed by atoms with van der Waals surface area (Å²) in [6.07, 6.45) is 1.01. The summed E-state index contributed by atoms with van der Waals surface area (Å²) in [5.41, 5.74) is 0. The predicted molar refractivity (Wildman–Crippen MR) is 77.0 cm³/mol. The van der Waals surface area contributed by atoms with E-state index in [1.54, 1.807) is 9.80 Å². The van der Waals surface area contributed by atoms with E-state index in [1.165, 1.54) is 0 Å². The molecule has 21 heavy (non-hydrogen) atoms. The Labute approximate surface area is 125 Å². The second-order valence-electron chi connectivity index (χ2n) is 6.44. The molecular weight excluding hydrogens is 274 g/mol. The Kier molecular flexibility index (Phi) is 5.05. The van der Waals surface area contributed by atoms with Gasteiger partial charge in [-0.05, 0) is 32.9 Å². The zero-order valence-electron chi connectivity index (χ0n) is 12.7. The molecule has 0 bridgehead atoms. The first-order chi connectivity index (χ1) is 9.86. The summed E-state index contributed by atoms with van der Waals surface area (Å²) in [5, 5.41) is 18.7. The number of nitrogens with zero attached hydrogens (tertiary/aromatic N) is 3. The number of aliphatic carboxylic acids is 1. The van der Waals surface area contributed by atoms with Crippen molar-refractivity contribution < 1.29 is 19.8 Å². The Morgan fingerprint density at radius 1 is 1.29 bits per heavy atom. The van der Waals surface area contributed by atoms with Gasteiger partial charge in [-0.3, -0.25) is 4.79 Å². The van der Waals surface area contributed by atoms with E-state index in [9.17, 15) is 14.7 Å². The van der Waals surface area contributed by atoms with E-state index < -0.39 is 12.1 Å². The number of likely N-dealkylation sites (tertiary alicyclic amines) is 2. The van der Waals surface area contributed by atoms with E-state index in [1.807, 2.05) is 19.0 Å². The Morgan fingerprint density at radius 3 is 2.62 bits per heavy atom. The molecular formula is C14H25N3O4. The highest BCUT2D eigenvalue weighted by atomic mass is 16.4. The number of aliphatic hydroxyl groups is 1. The molecule has 2 amide bonds. The van der Waals surface area contributed by atoms with Crippen LogP contribution >= 0.6 is 0 Å². The van der Waals surface area contributed by atoms with Crippen LogP contribution in [0.1, 0.15) is 19.3 Å². The lowest BCUT2D eigenvalue weighted by Crippen LogP contribution is -2.47. The average Bonchev–Trinajstić information content (AvgIpc) is 2.94. The molecule has 3 unspecified atom stereocenters. The minimum Gasteiger partial charge on any atom is -0.481 e. The fourth-order valence-electron chi connectivity index (χ4n) is 3.32. The third-order valence-corrected chi connectivity index (χ3v) is 4.23. The molecule has 0 spiro atoms. The molecule has 2 saturated heterocycles. The predicted octanol–water partition coefficient (Wildman–Crippen LogP) is -0.100. The molecule has 7 nitrogen and oxygen atoms in total. The van der Waals surface area contributed by atoms with E-state index in [0.29, 0.717) is 26.1 Å². The molecule has 120 valence electrons. The summed E-state index contributed by atoms with van der Waals surface area (Å²) >= 11 is 0. The van der Waals surface area contributed by atoms with Crippen LogP contribution in [0.25, 0.3) is 0 Å². The van der Waals surface area contributed by atoms with Crippen LogP contribution in [-0.4, -0.2) is 89.3 Å². The summed E-state index contributed by atoms with van der Waals surface area (Å²) < 4.78 is 0. The van der Waals surface area contributed by atoms with Crippen molar-refractivity contribution in [1.82, 2.24) is 14.7 Å². The largest absolute Gasteiger partial charge is 0.481 e. The topological polar surface area (TPSA) is 84.3 Å². The van der Waals surface area contributed by atoms with Gasteiger partial charge in [0.2, 0.25) is 0 Å². The highest BCUT2D eigenvalue weighted by molar-refractivity contribution is 5.76. The number of urea groups is 1. The van der Waals surface area contributed by atoms with Crippen molar-refractivity contribution in [2.45, 2.75) is 31.4 Å². The number of carbonyl (C=O) groups is 2. The molecule has 2 aliphatic rings. The maximum Gasteiger partial charge on any atom is 0.320 e. The van der Waals surface area contributed by atoms with Gasteiger partial charge in [0.05, 0.1) is 6.10 Å². The van der Waals surface area contributed by atoms with E-state index in [2.05, 4.69) is 0 Å². The van der Waals surface area contributed by atoms with Crippen LogP contribution in [0.15, 0.2) is 0 Å². The van der Waals surface area contributed by atoms with E-state index in [0.717, 1.165) is 13.0 Å². The van der Waals surface area contributed by atoms with Crippen LogP contribution in [0.5, 0.6) is 0 Å². The minimum atomic E-state index is -0.809. The monoisotopic (exact) mass is 299 g/mol. The Morgan fingerprint density at radius 2 is 2.00 bits per heavy atom. The lowest BCUT2D eigenvalue weighted by atomic mass is 10.1. The standard InChI is InChI=1S/C14H25N3O4/c1-15(2)8-11-6-12(18)9-17(11)14(21)16-4-3-10(7-16)5-13(19)20/h10-12,18H,3-9H2,1-2H3,(H,19,20). The van der Waals surface area contributed by atoms with Gasteiger partial charge in [0, 0.05) is 38.6 Å². The van der Waals surface area contributed by atoms with Crippen LogP contribution < -0.4 is 0 Å². The molecule has 2 rings (SSSR count). The second kappa shape index (κ2) is 6.62. The molecule has 2 heterocycles. The number of likely N-dealkylation sites (N-methyl/N-ethyl adjacent to an activating group) is 1. The zero-order valence-corrected chi connectivity index (χ0v) is 12.7. The van der Waals surface area contributed by atoms with Gasteiger partial charge in [-0.25, -0.2) is 4.79 Å². The normalized spacial score (nSPS) is 29.4. The summed E-state index contributed by atoms with van der Waals surface area (Å²) in [6.45, 7) is 2.22. The zero-order chi connectivity index (χ0) is 15.6. The lowest BCUT2D eigenvalue weighted by Gasteiger charge is -2.30. The van der Waals surface area contributed by atoms with Gasteiger partial charge in [-0.15, -0.1) is 0 Å². The summed E-state index contributed by atoms with van der Waals surface area (Å²) in [5.74, 6) is -0.761. The number of hydrogen-bond acceptors (Lipinski definition) is 4. The second-order valence-corrected chi connectivity index (χ2v) is 6.44. The highest BCUT2D eigenvalue weighted by Gasteiger charge is 2.38. The first-order valence-electron chi connectivity index (χ1n) is 7.47. The van der Waals surface area contributed by atoms with Gasteiger partial charge in [0.1, 0.15) is 0 Å². The maximum absolute atomic E-state index is 12.6. The molecule has 0 aromatic heterocycles. The van der Waals surface area contributed by atoms with Crippen LogP contribution in [0.2, 0.25) is 0 Å². The van der Waals surface area contributed by atoms with Crippen molar-refractivity contribution in [2.75, 3.05) is 40.3 Å². The SMILES string of the molecule is CN(C)CC1CC(O)CN1C(=O)N1CCC(CC(=O)O)C1. The quantitative estimate of drug-likeness (QED) is 0.757. The van der Waals surface area contributed by atoms with Crippen molar-refractivity contribution in [3.05, 3.63) is 0 Å². The molecule has 0 saturated carbocycles. The molecule has 3 atom stereocenters. The third-order valence-electron chi connectivity index (χ3n) is 4.23. The number of rotatable bonds is 4. The number of carboxylic acid groups (broad SMARTS) is 1. The first kappa shape index (κ1) is 16.0. The number of aliphatic hydroxyl groups excluding tert-OH is 1. The molecule has 0 aliphatic carbocycles. The highest BCUT2D eigenvalue weighted by Crippen LogP contribution is 2.25. The van der Waals surface area contributed by atoms with Gasteiger partial charge in [0.25, 0.3) is 0 Å². The first-order valence-corrected chi connectivity index (χ1v) is 7.47. The van der Waals surface area contributed by atoms with E-state index >= 15 is 0 Å². The Hall–Kier alpha value is -1.34. The van der Waals surface area contributed by atoms with Gasteiger partial charge in [-0.2, -0.15) is 0 Å². The lowest BCUT2D eigenvalue weighted by molar-refractivity contribution is -0.138. The Bertz CT molecular complexity index is 402. The van der Waals surface area contributed by atoms with Crippen molar-refractivity contribution in [3.63, 3.8) is 0 Å². The summed E-state index contributed by atoms with van der Waals surface area (Å²) in [6, 6.07) is -0.0349. The molecule has 7 heteroatoms. The molecule has 0 aromatic rings. The van der Waals surface area contributed by atoms with Crippen LogP contribution in [0.3, 0.4) is 0 Å². The van der Waals surface area contributed by atoms with Crippen molar-refractivity contribution >= 4 is 12.0 Å². The smallest absolute Gasteiger partial charge is 0.320 e. The number of amides is 2. The number of hydrogen-bond donors (Lipinski definition) is 2. The fourth-order valence-corrected chi connectivity index (χ4v) is 3.32. The van der Waals surface area contributed by atoms with Gasteiger partial charge >= 0.3 is 12.0 Å². The third kappa shape index (κ3) is 4.07. The van der Waals surface area contributed by atoms with Gasteiger partial charge in [-0.1, -0.05) is 0 Å². The van der Waals surface area contributed by atoms with Crippen molar-refractivity contribution in [1.29, 1.82) is 0 Å². The molecule has 0 radical (unpaired) electrons. The number of carboxylic acids is 1. The fraction of sp³-hybridized carbons (Fsp3) is 0.857. The van der Waals surface area contributed by atoms with Crippen LogP contribution in [0.4, 0.5) is 4.79 Å². The maximum atomic E-state index is 12.6. The van der Waals surface area contributed by atoms with Crippen molar-refractivity contribution in [2.24, 2.45) is 5.92 Å². The van der Waals surface area contributed by atoms with Crippen LogP contribution in [0, 0.1) is 5.92 Å². The number of β-amino-alcohol motifs (C(OH)–C–C–N with tert-alkyl or cyclic N) is 1. The average molecular weight is 299 g/mol. The van der Waals surface area contributed by atoms with Gasteiger partial charge < -0.3 is 24.9 Å². The Balaban J connectivity index is 1.94. The molecule has 2 aliphatic heterocycles. The number of carbonyl (C=O) groups excluding carboxylic acids is 1. The van der Waals surface area contributed by atoms with Crippen molar-refractivity contribution in [3.8, 4) is 0 Å². The summed E-state index contributed by atoms with van der Waals surface area (Å²) in [4.78, 5) is 28.8. The van der Waals surface area contributed by atoms with Gasteiger partial charge in [0.15, 0.2) is 0 Å². The van der Waals surface area contributed by atoms with Crippen LogP contribution in [-0.2, 0) is 4.79 Å². The van der Waals surface area contributed by atoms with E-state index in [4.69, 9.17) is 5.11 Å². The van der Waals surface area contributed by atoms with E-state index in [-0.39, 0.29) is 24.4 Å². The summed E-state index contributed by atoms with van der Waals surface area (Å²) in [7, 11) is 3.90. The molecule has 2 N–H and O–H groups in total. The minimum absolute atomic E-state index is 0.0287. The molecule has 2 fully saturated rings. The molecule has 0 aromatic carbocycles.